The van der Waals surface area contributed by atoms with Crippen LogP contribution in [0.15, 0.2) is 76.4 Å². The number of nitrogens with zero attached hydrogens (tertiary/aromatic N) is 3. The molecule has 156 valence electrons. The zero-order valence-corrected chi connectivity index (χ0v) is 17.3. The van der Waals surface area contributed by atoms with Crippen LogP contribution in [0.25, 0.3) is 11.0 Å². The number of nitrogens with one attached hydrogen (secondary N) is 1. The summed E-state index contributed by atoms with van der Waals surface area (Å²) in [6.45, 7) is 3.77. The van der Waals surface area contributed by atoms with Gasteiger partial charge in [0, 0.05) is 11.9 Å². The van der Waals surface area contributed by atoms with Crippen molar-refractivity contribution in [2.75, 3.05) is 5.32 Å². The summed E-state index contributed by atoms with van der Waals surface area (Å²) >= 11 is 0. The van der Waals surface area contributed by atoms with Crippen LogP contribution in [0.3, 0.4) is 0 Å². The average molecular weight is 414 g/mol. The van der Waals surface area contributed by atoms with Crippen LogP contribution in [0.1, 0.15) is 16.7 Å². The smallest absolute Gasteiger partial charge is 0.325 e. The third-order valence-corrected chi connectivity index (χ3v) is 4.98. The van der Waals surface area contributed by atoms with Gasteiger partial charge in [-0.2, -0.15) is 0 Å². The van der Waals surface area contributed by atoms with Gasteiger partial charge in [0.1, 0.15) is 6.54 Å². The lowest BCUT2D eigenvalue weighted by molar-refractivity contribution is -0.116. The van der Waals surface area contributed by atoms with Crippen LogP contribution in [0.2, 0.25) is 0 Å². The number of carbonyl (C=O) groups excluding carboxylic acids is 1. The summed E-state index contributed by atoms with van der Waals surface area (Å²) in [5.41, 5.74) is 2.98. The van der Waals surface area contributed by atoms with Crippen molar-refractivity contribution < 1.29 is 4.79 Å². The van der Waals surface area contributed by atoms with Crippen LogP contribution in [0.5, 0.6) is 0 Å². The molecule has 1 amide bonds. The van der Waals surface area contributed by atoms with E-state index in [9.17, 15) is 14.4 Å². The standard InChI is InChI=1S/C24H22N4O3/c1-16-11-17(2)13-19(12-16)26-21(29)15-27-20-9-6-10-25-22(20)23(30)28(24(27)31)14-18-7-4-3-5-8-18/h3-13H,14-15H2,1-2H3,(H,26,29). The Morgan fingerprint density at radius 2 is 1.65 bits per heavy atom. The number of rotatable bonds is 5. The van der Waals surface area contributed by atoms with E-state index >= 15 is 0 Å². The van der Waals surface area contributed by atoms with Crippen molar-refractivity contribution >= 4 is 22.6 Å². The molecular weight excluding hydrogens is 392 g/mol. The summed E-state index contributed by atoms with van der Waals surface area (Å²) in [4.78, 5) is 43.1. The molecule has 0 saturated carbocycles. The molecule has 1 N–H and O–H groups in total. The minimum atomic E-state index is -0.551. The van der Waals surface area contributed by atoms with Crippen molar-refractivity contribution in [2.24, 2.45) is 0 Å². The van der Waals surface area contributed by atoms with Gasteiger partial charge in [-0.3, -0.25) is 18.7 Å². The van der Waals surface area contributed by atoms with Crippen molar-refractivity contribution in [2.45, 2.75) is 26.9 Å². The van der Waals surface area contributed by atoms with E-state index in [0.29, 0.717) is 11.2 Å². The third kappa shape index (κ3) is 4.30. The van der Waals surface area contributed by atoms with Gasteiger partial charge in [-0.05, 0) is 54.8 Å². The highest BCUT2D eigenvalue weighted by atomic mass is 16.2. The molecule has 2 heterocycles. The zero-order valence-electron chi connectivity index (χ0n) is 17.3. The van der Waals surface area contributed by atoms with Crippen molar-refractivity contribution in [3.63, 3.8) is 0 Å². The molecule has 0 saturated heterocycles. The third-order valence-electron chi connectivity index (χ3n) is 4.98. The maximum absolute atomic E-state index is 13.2. The predicted molar refractivity (Wildman–Crippen MR) is 120 cm³/mol. The molecule has 0 unspecified atom stereocenters. The molecule has 7 heteroatoms. The van der Waals surface area contributed by atoms with Crippen molar-refractivity contribution in [3.05, 3.63) is 104 Å². The summed E-state index contributed by atoms with van der Waals surface area (Å²) in [6.07, 6.45) is 1.50. The lowest BCUT2D eigenvalue weighted by atomic mass is 10.1. The number of amides is 1. The van der Waals surface area contributed by atoms with Crippen LogP contribution in [-0.4, -0.2) is 20.0 Å². The first kappa shape index (κ1) is 20.3. The summed E-state index contributed by atoms with van der Waals surface area (Å²) < 4.78 is 2.42. The lowest BCUT2D eigenvalue weighted by Gasteiger charge is -2.14. The molecular formula is C24H22N4O3. The average Bonchev–Trinajstić information content (AvgIpc) is 2.74. The summed E-state index contributed by atoms with van der Waals surface area (Å²) in [7, 11) is 0. The van der Waals surface area contributed by atoms with Crippen LogP contribution in [0.4, 0.5) is 5.69 Å². The number of carbonyl (C=O) groups is 1. The van der Waals surface area contributed by atoms with Gasteiger partial charge >= 0.3 is 5.69 Å². The number of hydrogen-bond donors (Lipinski definition) is 1. The second kappa shape index (κ2) is 8.39. The van der Waals surface area contributed by atoms with Gasteiger partial charge in [0.25, 0.3) is 5.56 Å². The number of aryl methyl sites for hydroxylation is 2. The van der Waals surface area contributed by atoms with E-state index in [2.05, 4.69) is 10.3 Å². The molecule has 4 aromatic rings. The van der Waals surface area contributed by atoms with Crippen molar-refractivity contribution in [1.29, 1.82) is 0 Å². The van der Waals surface area contributed by atoms with Crippen molar-refractivity contribution in [3.8, 4) is 0 Å². The fraction of sp³-hybridized carbons (Fsp3) is 0.167. The molecule has 0 bridgehead atoms. The van der Waals surface area contributed by atoms with Crippen LogP contribution >= 0.6 is 0 Å². The second-order valence-corrected chi connectivity index (χ2v) is 7.54. The highest BCUT2D eigenvalue weighted by molar-refractivity contribution is 5.91. The van der Waals surface area contributed by atoms with E-state index in [1.54, 1.807) is 12.1 Å². The fourth-order valence-electron chi connectivity index (χ4n) is 3.69. The molecule has 7 nitrogen and oxygen atoms in total. The Bertz CT molecular complexity index is 1370. The Morgan fingerprint density at radius 1 is 0.935 bits per heavy atom. The summed E-state index contributed by atoms with van der Waals surface area (Å²) in [5.74, 6) is -0.359. The number of anilines is 1. The lowest BCUT2D eigenvalue weighted by Crippen LogP contribution is -2.42. The molecule has 0 aliphatic carbocycles. The van der Waals surface area contributed by atoms with Gasteiger partial charge in [0.2, 0.25) is 5.91 Å². The van der Waals surface area contributed by atoms with E-state index < -0.39 is 11.2 Å². The van der Waals surface area contributed by atoms with Gasteiger partial charge in [-0.25, -0.2) is 9.78 Å². The van der Waals surface area contributed by atoms with Gasteiger partial charge < -0.3 is 5.32 Å². The predicted octanol–water partition coefficient (Wildman–Crippen LogP) is 2.86. The number of fused-ring (bicyclic) bond motifs is 1. The highest BCUT2D eigenvalue weighted by Crippen LogP contribution is 2.14. The maximum Gasteiger partial charge on any atom is 0.332 e. The minimum Gasteiger partial charge on any atom is -0.325 e. The molecule has 0 atom stereocenters. The highest BCUT2D eigenvalue weighted by Gasteiger charge is 2.16. The van der Waals surface area contributed by atoms with Crippen LogP contribution < -0.4 is 16.6 Å². The maximum atomic E-state index is 13.2. The minimum absolute atomic E-state index is 0.101. The Balaban J connectivity index is 1.75. The first-order chi connectivity index (χ1) is 14.9. The molecule has 4 rings (SSSR count). The van der Waals surface area contributed by atoms with Crippen LogP contribution in [0, 0.1) is 13.8 Å². The fourth-order valence-corrected chi connectivity index (χ4v) is 3.69. The van der Waals surface area contributed by atoms with E-state index in [1.165, 1.54) is 10.8 Å². The van der Waals surface area contributed by atoms with E-state index in [0.717, 1.165) is 21.3 Å². The molecule has 0 aliphatic heterocycles. The first-order valence-corrected chi connectivity index (χ1v) is 9.93. The number of benzene rings is 2. The molecule has 2 aromatic heterocycles. The Labute approximate surface area is 178 Å². The molecule has 0 aliphatic rings. The summed E-state index contributed by atoms with van der Waals surface area (Å²) in [6, 6.07) is 18.2. The Hall–Kier alpha value is -4.00. The molecule has 0 radical (unpaired) electrons. The largest absolute Gasteiger partial charge is 0.332 e. The molecule has 0 spiro atoms. The number of hydrogen-bond acceptors (Lipinski definition) is 4. The van der Waals surface area contributed by atoms with E-state index in [1.807, 2.05) is 62.4 Å². The Morgan fingerprint density at radius 3 is 2.35 bits per heavy atom. The van der Waals surface area contributed by atoms with Crippen molar-refractivity contribution in [1.82, 2.24) is 14.1 Å². The Kier molecular flexibility index (Phi) is 5.49. The topological polar surface area (TPSA) is 86.0 Å². The number of aromatic nitrogens is 3. The SMILES string of the molecule is Cc1cc(C)cc(NC(=O)Cn2c(=O)n(Cc3ccccc3)c(=O)c3ncccc32)c1. The monoisotopic (exact) mass is 414 g/mol. The molecule has 31 heavy (non-hydrogen) atoms. The molecule has 2 aromatic carbocycles. The van der Waals surface area contributed by atoms with Gasteiger partial charge in [-0.15, -0.1) is 0 Å². The number of pyridine rings is 1. The molecule has 0 fully saturated rings. The summed E-state index contributed by atoms with van der Waals surface area (Å²) in [5, 5.41) is 2.84. The van der Waals surface area contributed by atoms with E-state index in [-0.39, 0.29) is 24.5 Å². The van der Waals surface area contributed by atoms with Crippen LogP contribution in [-0.2, 0) is 17.9 Å². The first-order valence-electron chi connectivity index (χ1n) is 9.93. The van der Waals surface area contributed by atoms with Gasteiger partial charge in [0.05, 0.1) is 12.1 Å². The second-order valence-electron chi connectivity index (χ2n) is 7.54. The zero-order chi connectivity index (χ0) is 22.0. The normalized spacial score (nSPS) is 10.9. The van der Waals surface area contributed by atoms with E-state index in [4.69, 9.17) is 0 Å². The van der Waals surface area contributed by atoms with Gasteiger partial charge in [0.15, 0.2) is 5.52 Å². The van der Waals surface area contributed by atoms with Gasteiger partial charge in [-0.1, -0.05) is 36.4 Å². The quantitative estimate of drug-likeness (QED) is 0.544.